The number of fused-ring (bicyclic) bond motifs is 1. The van der Waals surface area contributed by atoms with Crippen LogP contribution in [0.3, 0.4) is 0 Å². The van der Waals surface area contributed by atoms with Crippen LogP contribution in [0.25, 0.3) is 10.9 Å². The normalized spacial score (nSPS) is 12.8. The van der Waals surface area contributed by atoms with Crippen molar-refractivity contribution < 1.29 is 18.0 Å². The zero-order valence-electron chi connectivity index (χ0n) is 13.1. The van der Waals surface area contributed by atoms with Gasteiger partial charge in [-0.3, -0.25) is 9.78 Å². The summed E-state index contributed by atoms with van der Waals surface area (Å²) in [6.07, 6.45) is -3.51. The van der Waals surface area contributed by atoms with Crippen molar-refractivity contribution >= 4 is 22.5 Å². The fourth-order valence-electron chi connectivity index (χ4n) is 2.66. The summed E-state index contributed by atoms with van der Waals surface area (Å²) in [7, 11) is 0. The van der Waals surface area contributed by atoms with E-state index in [1.54, 1.807) is 36.5 Å². The van der Waals surface area contributed by atoms with E-state index in [4.69, 9.17) is 0 Å². The molecule has 1 atom stereocenters. The molecule has 0 spiro atoms. The molecular weight excluding hydrogens is 329 g/mol. The van der Waals surface area contributed by atoms with Crippen LogP contribution in [0.4, 0.5) is 18.9 Å². The number of carbonyl (C=O) groups excluding carboxylic acids is 1. The maximum absolute atomic E-state index is 13.3. The predicted molar refractivity (Wildman–Crippen MR) is 90.2 cm³/mol. The number of halogens is 3. The van der Waals surface area contributed by atoms with Crippen LogP contribution in [-0.4, -0.2) is 17.1 Å². The second kappa shape index (κ2) is 6.93. The highest BCUT2D eigenvalue weighted by atomic mass is 19.4. The number of rotatable bonds is 4. The molecule has 1 amide bonds. The average Bonchev–Trinajstić information content (AvgIpc) is 2.59. The smallest absolute Gasteiger partial charge is 0.326 e. The Kier molecular flexibility index (Phi) is 4.70. The second-order valence-electron chi connectivity index (χ2n) is 5.67. The first-order valence-electron chi connectivity index (χ1n) is 7.70. The van der Waals surface area contributed by atoms with Crippen molar-refractivity contribution in [1.82, 2.24) is 4.98 Å². The molecule has 0 fully saturated rings. The molecule has 3 aromatic rings. The van der Waals surface area contributed by atoms with E-state index in [0.29, 0.717) is 5.69 Å². The molecule has 2 aromatic carbocycles. The van der Waals surface area contributed by atoms with Gasteiger partial charge in [0.15, 0.2) is 0 Å². The lowest BCUT2D eigenvalue weighted by molar-refractivity contribution is -0.155. The van der Waals surface area contributed by atoms with Gasteiger partial charge in [0.2, 0.25) is 5.91 Å². The Labute approximate surface area is 142 Å². The fourth-order valence-corrected chi connectivity index (χ4v) is 2.66. The van der Waals surface area contributed by atoms with Gasteiger partial charge in [-0.15, -0.1) is 0 Å². The summed E-state index contributed by atoms with van der Waals surface area (Å²) in [6, 6.07) is 16.1. The van der Waals surface area contributed by atoms with Gasteiger partial charge in [0.25, 0.3) is 0 Å². The van der Waals surface area contributed by atoms with Crippen molar-refractivity contribution in [2.75, 3.05) is 5.32 Å². The van der Waals surface area contributed by atoms with Crippen LogP contribution in [0.5, 0.6) is 0 Å². The summed E-state index contributed by atoms with van der Waals surface area (Å²) in [5, 5.41) is 3.34. The number of hydrogen-bond donors (Lipinski definition) is 1. The van der Waals surface area contributed by atoms with E-state index in [9.17, 15) is 18.0 Å². The highest BCUT2D eigenvalue weighted by Gasteiger charge is 2.41. The first-order valence-corrected chi connectivity index (χ1v) is 7.70. The van der Waals surface area contributed by atoms with Crippen LogP contribution < -0.4 is 5.32 Å². The number of nitrogens with one attached hydrogen (secondary N) is 1. The van der Waals surface area contributed by atoms with Crippen LogP contribution in [0, 0.1) is 0 Å². The van der Waals surface area contributed by atoms with Crippen molar-refractivity contribution in [3.05, 3.63) is 72.4 Å². The molecule has 1 unspecified atom stereocenters. The highest BCUT2D eigenvalue weighted by molar-refractivity contribution is 5.94. The minimum atomic E-state index is -4.49. The van der Waals surface area contributed by atoms with Gasteiger partial charge in [-0.2, -0.15) is 13.2 Å². The zero-order valence-corrected chi connectivity index (χ0v) is 13.1. The van der Waals surface area contributed by atoms with Crippen molar-refractivity contribution in [2.45, 2.75) is 18.5 Å². The third kappa shape index (κ3) is 4.15. The van der Waals surface area contributed by atoms with Crippen LogP contribution in [0.2, 0.25) is 0 Å². The molecule has 1 heterocycles. The van der Waals surface area contributed by atoms with E-state index < -0.39 is 24.4 Å². The maximum atomic E-state index is 13.3. The lowest BCUT2D eigenvalue weighted by Crippen LogP contribution is -2.26. The lowest BCUT2D eigenvalue weighted by Gasteiger charge is -2.20. The van der Waals surface area contributed by atoms with E-state index in [0.717, 1.165) is 10.9 Å². The van der Waals surface area contributed by atoms with Gasteiger partial charge >= 0.3 is 6.18 Å². The predicted octanol–water partition coefficient (Wildman–Crippen LogP) is 4.91. The maximum Gasteiger partial charge on any atom is 0.396 e. The van der Waals surface area contributed by atoms with E-state index in [1.165, 1.54) is 24.3 Å². The third-order valence-electron chi connectivity index (χ3n) is 3.87. The third-order valence-corrected chi connectivity index (χ3v) is 3.87. The summed E-state index contributed by atoms with van der Waals surface area (Å²) >= 11 is 0. The number of carbonyl (C=O) groups is 1. The molecule has 0 radical (unpaired) electrons. The van der Waals surface area contributed by atoms with Crippen molar-refractivity contribution in [3.63, 3.8) is 0 Å². The van der Waals surface area contributed by atoms with Gasteiger partial charge in [-0.25, -0.2) is 0 Å². The molecule has 1 N–H and O–H groups in total. The molecule has 0 aliphatic rings. The summed E-state index contributed by atoms with van der Waals surface area (Å²) < 4.78 is 40.0. The number of benzene rings is 2. The number of aromatic nitrogens is 1. The lowest BCUT2D eigenvalue weighted by atomic mass is 9.94. The minimum Gasteiger partial charge on any atom is -0.326 e. The molecule has 0 saturated carbocycles. The van der Waals surface area contributed by atoms with E-state index >= 15 is 0 Å². The highest BCUT2D eigenvalue weighted by Crippen LogP contribution is 2.37. The largest absolute Gasteiger partial charge is 0.396 e. The Morgan fingerprint density at radius 1 is 1.04 bits per heavy atom. The SMILES string of the molecule is O=C(CC(c1ccccc1)C(F)(F)F)Nc1ccc2ncccc2c1. The first-order chi connectivity index (χ1) is 11.9. The molecule has 6 heteroatoms. The zero-order chi connectivity index (χ0) is 17.9. The van der Waals surface area contributed by atoms with Crippen LogP contribution in [0.15, 0.2) is 66.9 Å². The number of nitrogens with zero attached hydrogens (tertiary/aromatic N) is 1. The Morgan fingerprint density at radius 3 is 2.52 bits per heavy atom. The van der Waals surface area contributed by atoms with Crippen LogP contribution >= 0.6 is 0 Å². The Morgan fingerprint density at radius 2 is 1.80 bits per heavy atom. The summed E-state index contributed by atoms with van der Waals surface area (Å²) in [5.41, 5.74) is 1.27. The molecule has 0 saturated heterocycles. The van der Waals surface area contributed by atoms with Crippen LogP contribution in [-0.2, 0) is 4.79 Å². The van der Waals surface area contributed by atoms with Crippen molar-refractivity contribution in [2.24, 2.45) is 0 Å². The summed E-state index contributed by atoms with van der Waals surface area (Å²) in [5.74, 6) is -2.52. The fraction of sp³-hybridized carbons (Fsp3) is 0.158. The monoisotopic (exact) mass is 344 g/mol. The Bertz CT molecular complexity index is 878. The topological polar surface area (TPSA) is 42.0 Å². The average molecular weight is 344 g/mol. The molecule has 128 valence electrons. The van der Waals surface area contributed by atoms with Crippen molar-refractivity contribution in [3.8, 4) is 0 Å². The molecule has 0 bridgehead atoms. The second-order valence-corrected chi connectivity index (χ2v) is 5.67. The minimum absolute atomic E-state index is 0.0767. The number of pyridine rings is 1. The molecule has 3 rings (SSSR count). The number of alkyl halides is 3. The van der Waals surface area contributed by atoms with Gasteiger partial charge in [0.05, 0.1) is 11.4 Å². The number of anilines is 1. The molecule has 1 aromatic heterocycles. The first kappa shape index (κ1) is 17.0. The van der Waals surface area contributed by atoms with Gasteiger partial charge in [-0.05, 0) is 29.8 Å². The van der Waals surface area contributed by atoms with Gasteiger partial charge in [0.1, 0.15) is 0 Å². The standard InChI is InChI=1S/C19H15F3N2O/c20-19(21,22)16(13-5-2-1-3-6-13)12-18(25)24-15-8-9-17-14(11-15)7-4-10-23-17/h1-11,16H,12H2,(H,24,25). The summed E-state index contributed by atoms with van der Waals surface area (Å²) in [6.45, 7) is 0. The van der Waals surface area contributed by atoms with Crippen LogP contribution in [0.1, 0.15) is 17.9 Å². The van der Waals surface area contributed by atoms with E-state index in [-0.39, 0.29) is 5.56 Å². The molecule has 0 aliphatic carbocycles. The van der Waals surface area contributed by atoms with E-state index in [1.807, 2.05) is 6.07 Å². The molecule has 0 aliphatic heterocycles. The van der Waals surface area contributed by atoms with E-state index in [2.05, 4.69) is 10.3 Å². The number of hydrogen-bond acceptors (Lipinski definition) is 2. The van der Waals surface area contributed by atoms with Gasteiger partial charge in [0, 0.05) is 23.7 Å². The summed E-state index contributed by atoms with van der Waals surface area (Å²) in [4.78, 5) is 16.3. The molecule has 25 heavy (non-hydrogen) atoms. The Balaban J connectivity index is 1.77. The van der Waals surface area contributed by atoms with Crippen molar-refractivity contribution in [1.29, 1.82) is 0 Å². The number of amides is 1. The Hall–Kier alpha value is -2.89. The van der Waals surface area contributed by atoms with Gasteiger partial charge < -0.3 is 5.32 Å². The molecule has 3 nitrogen and oxygen atoms in total. The molecular formula is C19H15F3N2O. The van der Waals surface area contributed by atoms with Gasteiger partial charge in [-0.1, -0.05) is 36.4 Å². The quantitative estimate of drug-likeness (QED) is 0.731.